The van der Waals surface area contributed by atoms with E-state index in [1.165, 1.54) is 18.2 Å². The number of rotatable bonds is 7. The number of nitrogens with one attached hydrogen (secondary N) is 2. The van der Waals surface area contributed by atoms with E-state index in [1.54, 1.807) is 30.3 Å². The van der Waals surface area contributed by atoms with E-state index in [4.69, 9.17) is 23.2 Å². The van der Waals surface area contributed by atoms with Gasteiger partial charge in [0.2, 0.25) is 5.95 Å². The standard InChI is InChI=1S/C21H19Cl2F3N4O/c1-3-12(2)27-20-29-18(13-5-4-6-15(9-13)31-21(24,25)26)11-19(30-20)28-17-8-7-14(22)10-16(17)23/h4-12H,3H2,1-2H3,(H2,27,28,29,30)/t12-/m1/s1. The zero-order valence-corrected chi connectivity index (χ0v) is 18.1. The van der Waals surface area contributed by atoms with Crippen LogP contribution in [0.2, 0.25) is 10.0 Å². The Morgan fingerprint density at radius 2 is 1.84 bits per heavy atom. The predicted octanol–water partition coefficient (Wildman–Crippen LogP) is 7.30. The Hall–Kier alpha value is -2.71. The van der Waals surface area contributed by atoms with Crippen molar-refractivity contribution in [3.05, 3.63) is 58.6 Å². The van der Waals surface area contributed by atoms with Crippen molar-refractivity contribution in [2.75, 3.05) is 10.6 Å². The van der Waals surface area contributed by atoms with Gasteiger partial charge < -0.3 is 15.4 Å². The summed E-state index contributed by atoms with van der Waals surface area (Å²) < 4.78 is 41.8. The van der Waals surface area contributed by atoms with Crippen LogP contribution >= 0.6 is 23.2 Å². The monoisotopic (exact) mass is 470 g/mol. The highest BCUT2D eigenvalue weighted by atomic mass is 35.5. The van der Waals surface area contributed by atoms with Gasteiger partial charge in [-0.1, -0.05) is 42.3 Å². The van der Waals surface area contributed by atoms with Gasteiger partial charge in [-0.2, -0.15) is 4.98 Å². The normalized spacial score (nSPS) is 12.4. The van der Waals surface area contributed by atoms with E-state index in [2.05, 4.69) is 25.3 Å². The van der Waals surface area contributed by atoms with Gasteiger partial charge in [0, 0.05) is 22.7 Å². The molecule has 0 fully saturated rings. The van der Waals surface area contributed by atoms with E-state index < -0.39 is 6.36 Å². The van der Waals surface area contributed by atoms with Gasteiger partial charge >= 0.3 is 6.36 Å². The van der Waals surface area contributed by atoms with Crippen LogP contribution in [0.25, 0.3) is 11.3 Å². The first-order valence-electron chi connectivity index (χ1n) is 9.37. The molecule has 1 atom stereocenters. The summed E-state index contributed by atoms with van der Waals surface area (Å²) in [5.41, 5.74) is 1.40. The fourth-order valence-electron chi connectivity index (χ4n) is 2.63. The van der Waals surface area contributed by atoms with Crippen LogP contribution in [0.1, 0.15) is 20.3 Å². The SMILES string of the molecule is CC[C@@H](C)Nc1nc(Nc2ccc(Cl)cc2Cl)cc(-c2cccc(OC(F)(F)F)c2)n1. The lowest BCUT2D eigenvalue weighted by Gasteiger charge is -2.15. The Kier molecular flexibility index (Phi) is 7.12. The number of nitrogens with zero attached hydrogens (tertiary/aromatic N) is 2. The first-order valence-corrected chi connectivity index (χ1v) is 10.1. The van der Waals surface area contributed by atoms with Crippen molar-refractivity contribution in [2.24, 2.45) is 0 Å². The van der Waals surface area contributed by atoms with E-state index in [0.717, 1.165) is 6.42 Å². The van der Waals surface area contributed by atoms with Crippen LogP contribution in [-0.4, -0.2) is 22.4 Å². The first kappa shape index (κ1) is 23.0. The van der Waals surface area contributed by atoms with Gasteiger partial charge in [0.25, 0.3) is 0 Å². The maximum Gasteiger partial charge on any atom is 0.573 e. The summed E-state index contributed by atoms with van der Waals surface area (Å²) in [6.45, 7) is 3.98. The molecule has 31 heavy (non-hydrogen) atoms. The van der Waals surface area contributed by atoms with Crippen LogP contribution in [0.5, 0.6) is 5.75 Å². The average Bonchev–Trinajstić information content (AvgIpc) is 2.69. The Labute approximate surface area is 187 Å². The van der Waals surface area contributed by atoms with E-state index >= 15 is 0 Å². The van der Waals surface area contributed by atoms with Crippen LogP contribution in [-0.2, 0) is 0 Å². The molecule has 0 saturated carbocycles. The Morgan fingerprint density at radius 1 is 1.06 bits per heavy atom. The van der Waals surface area contributed by atoms with Crippen molar-refractivity contribution in [1.82, 2.24) is 9.97 Å². The molecule has 2 N–H and O–H groups in total. The largest absolute Gasteiger partial charge is 0.573 e. The number of hydrogen-bond acceptors (Lipinski definition) is 5. The van der Waals surface area contributed by atoms with Crippen molar-refractivity contribution in [3.8, 4) is 17.0 Å². The van der Waals surface area contributed by atoms with Gasteiger partial charge in [-0.15, -0.1) is 13.2 Å². The van der Waals surface area contributed by atoms with Gasteiger partial charge in [-0.05, 0) is 43.7 Å². The Bertz CT molecular complexity index is 1060. The minimum Gasteiger partial charge on any atom is -0.406 e. The second kappa shape index (κ2) is 9.62. The summed E-state index contributed by atoms with van der Waals surface area (Å²) in [4.78, 5) is 8.91. The molecular weight excluding hydrogens is 452 g/mol. The molecule has 0 bridgehead atoms. The van der Waals surface area contributed by atoms with E-state index in [9.17, 15) is 13.2 Å². The highest BCUT2D eigenvalue weighted by molar-refractivity contribution is 6.36. The second-order valence-electron chi connectivity index (χ2n) is 6.74. The van der Waals surface area contributed by atoms with Gasteiger partial charge in [0.1, 0.15) is 11.6 Å². The molecule has 0 aliphatic rings. The third-order valence-corrected chi connectivity index (χ3v) is 4.82. The van der Waals surface area contributed by atoms with E-state index in [-0.39, 0.29) is 11.8 Å². The molecule has 164 valence electrons. The summed E-state index contributed by atoms with van der Waals surface area (Å²) >= 11 is 12.2. The highest BCUT2D eigenvalue weighted by Gasteiger charge is 2.31. The van der Waals surface area contributed by atoms with E-state index in [1.807, 2.05) is 13.8 Å². The van der Waals surface area contributed by atoms with Crippen molar-refractivity contribution < 1.29 is 17.9 Å². The molecule has 1 aromatic heterocycles. The summed E-state index contributed by atoms with van der Waals surface area (Å²) in [5, 5.41) is 7.16. The number of anilines is 3. The number of benzene rings is 2. The van der Waals surface area contributed by atoms with Crippen LogP contribution < -0.4 is 15.4 Å². The van der Waals surface area contributed by atoms with Crippen molar-refractivity contribution >= 4 is 40.7 Å². The van der Waals surface area contributed by atoms with Gasteiger partial charge in [-0.3, -0.25) is 0 Å². The van der Waals surface area contributed by atoms with Crippen LogP contribution in [0, 0.1) is 0 Å². The number of hydrogen-bond donors (Lipinski definition) is 2. The number of ether oxygens (including phenoxy) is 1. The Morgan fingerprint density at radius 3 is 2.52 bits per heavy atom. The molecule has 3 rings (SSSR count). The van der Waals surface area contributed by atoms with Crippen LogP contribution in [0.4, 0.5) is 30.6 Å². The molecule has 10 heteroatoms. The minimum absolute atomic E-state index is 0.0853. The molecule has 0 radical (unpaired) electrons. The summed E-state index contributed by atoms with van der Waals surface area (Å²) in [5.74, 6) is 0.388. The van der Waals surface area contributed by atoms with Gasteiger partial charge in [0.05, 0.1) is 16.4 Å². The number of alkyl halides is 3. The minimum atomic E-state index is -4.79. The summed E-state index contributed by atoms with van der Waals surface area (Å²) in [6.07, 6.45) is -3.96. The molecule has 5 nitrogen and oxygen atoms in total. The van der Waals surface area contributed by atoms with Crippen molar-refractivity contribution in [3.63, 3.8) is 0 Å². The fraction of sp³-hybridized carbons (Fsp3) is 0.238. The molecule has 0 saturated heterocycles. The Balaban J connectivity index is 2.00. The molecule has 0 spiro atoms. The predicted molar refractivity (Wildman–Crippen MR) is 117 cm³/mol. The number of halogens is 5. The summed E-state index contributed by atoms with van der Waals surface area (Å²) in [6, 6.07) is 12.2. The molecule has 0 aliphatic carbocycles. The lowest BCUT2D eigenvalue weighted by molar-refractivity contribution is -0.274. The highest BCUT2D eigenvalue weighted by Crippen LogP contribution is 2.31. The van der Waals surface area contributed by atoms with Crippen LogP contribution in [0.15, 0.2) is 48.5 Å². The lowest BCUT2D eigenvalue weighted by atomic mass is 10.1. The maximum absolute atomic E-state index is 12.6. The molecular formula is C21H19Cl2F3N4O. The topological polar surface area (TPSA) is 59.1 Å². The number of aromatic nitrogens is 2. The van der Waals surface area contributed by atoms with E-state index in [0.29, 0.717) is 38.8 Å². The average molecular weight is 471 g/mol. The quantitative estimate of drug-likeness (QED) is 0.379. The van der Waals surface area contributed by atoms with Gasteiger partial charge in [-0.25, -0.2) is 4.98 Å². The van der Waals surface area contributed by atoms with Crippen molar-refractivity contribution in [1.29, 1.82) is 0 Å². The molecule has 0 unspecified atom stereocenters. The smallest absolute Gasteiger partial charge is 0.406 e. The third-order valence-electron chi connectivity index (χ3n) is 4.27. The molecule has 0 amide bonds. The summed E-state index contributed by atoms with van der Waals surface area (Å²) in [7, 11) is 0. The molecule has 3 aromatic rings. The maximum atomic E-state index is 12.6. The molecule has 0 aliphatic heterocycles. The fourth-order valence-corrected chi connectivity index (χ4v) is 3.08. The molecule has 1 heterocycles. The zero-order chi connectivity index (χ0) is 22.6. The van der Waals surface area contributed by atoms with Crippen LogP contribution in [0.3, 0.4) is 0 Å². The molecule has 2 aromatic carbocycles. The zero-order valence-electron chi connectivity index (χ0n) is 16.6. The lowest BCUT2D eigenvalue weighted by Crippen LogP contribution is -2.17. The third kappa shape index (κ3) is 6.63. The van der Waals surface area contributed by atoms with Gasteiger partial charge in [0.15, 0.2) is 0 Å². The second-order valence-corrected chi connectivity index (χ2v) is 7.58. The van der Waals surface area contributed by atoms with Crippen molar-refractivity contribution in [2.45, 2.75) is 32.7 Å². The first-order chi connectivity index (χ1) is 14.6.